The molecule has 5 rings (SSSR count). The normalized spacial score (nSPS) is 13.8. The first kappa shape index (κ1) is 23.6. The number of anilines is 1. The van der Waals surface area contributed by atoms with E-state index in [4.69, 9.17) is 5.14 Å². The molecule has 0 radical (unpaired) electrons. The number of aliphatic imine (C=N–C) groups is 1. The SMILES string of the molecule is Cc1cc(C(=O)Nc2ccc(C3=NCCN3C)cc2F)n(-c2cc3ccccc3cc2S(N)(=O)=O)n1. The van der Waals surface area contributed by atoms with Crippen LogP contribution in [-0.4, -0.2) is 55.0 Å². The van der Waals surface area contributed by atoms with Gasteiger partial charge in [-0.15, -0.1) is 0 Å². The molecule has 9 nitrogen and oxygen atoms in total. The fourth-order valence-corrected chi connectivity index (χ4v) is 4.96. The molecule has 2 heterocycles. The summed E-state index contributed by atoms with van der Waals surface area (Å²) < 4.78 is 41.0. The van der Waals surface area contributed by atoms with Crippen molar-refractivity contribution in [3.63, 3.8) is 0 Å². The van der Waals surface area contributed by atoms with E-state index in [-0.39, 0.29) is 22.0 Å². The Kier molecular flexibility index (Phi) is 5.81. The van der Waals surface area contributed by atoms with E-state index in [1.54, 1.807) is 31.2 Å². The molecule has 0 aliphatic carbocycles. The monoisotopic (exact) mass is 506 g/mol. The van der Waals surface area contributed by atoms with Crippen molar-refractivity contribution in [3.8, 4) is 5.69 Å². The fraction of sp³-hybridized carbons (Fsp3) is 0.160. The summed E-state index contributed by atoms with van der Waals surface area (Å²) in [7, 11) is -2.28. The topological polar surface area (TPSA) is 123 Å². The number of hydrogen-bond donors (Lipinski definition) is 2. The number of hydrogen-bond acceptors (Lipinski definition) is 6. The molecular formula is C25H23FN6O3S. The highest BCUT2D eigenvalue weighted by molar-refractivity contribution is 7.89. The van der Waals surface area contributed by atoms with Crippen molar-refractivity contribution < 1.29 is 17.6 Å². The summed E-state index contributed by atoms with van der Waals surface area (Å²) in [5.41, 5.74) is 1.19. The van der Waals surface area contributed by atoms with Crippen molar-refractivity contribution in [2.75, 3.05) is 25.5 Å². The highest BCUT2D eigenvalue weighted by atomic mass is 32.2. The van der Waals surface area contributed by atoms with Gasteiger partial charge in [-0.25, -0.2) is 22.6 Å². The van der Waals surface area contributed by atoms with Gasteiger partial charge in [-0.1, -0.05) is 24.3 Å². The zero-order chi connectivity index (χ0) is 25.6. The Morgan fingerprint density at radius 3 is 2.44 bits per heavy atom. The molecule has 0 atom stereocenters. The Morgan fingerprint density at radius 1 is 1.08 bits per heavy atom. The number of rotatable bonds is 5. The third kappa shape index (κ3) is 4.34. The van der Waals surface area contributed by atoms with Crippen LogP contribution < -0.4 is 10.5 Å². The maximum atomic E-state index is 14.9. The molecule has 4 aromatic rings. The summed E-state index contributed by atoms with van der Waals surface area (Å²) in [6.45, 7) is 3.07. The summed E-state index contributed by atoms with van der Waals surface area (Å²) in [4.78, 5) is 19.4. The number of primary sulfonamides is 1. The molecule has 0 saturated heterocycles. The molecule has 1 aliphatic rings. The van der Waals surface area contributed by atoms with Crippen molar-refractivity contribution in [1.82, 2.24) is 14.7 Å². The largest absolute Gasteiger partial charge is 0.358 e. The summed E-state index contributed by atoms with van der Waals surface area (Å²) in [6.07, 6.45) is 0. The van der Waals surface area contributed by atoms with E-state index in [0.717, 1.165) is 11.9 Å². The van der Waals surface area contributed by atoms with Gasteiger partial charge < -0.3 is 10.2 Å². The second-order valence-corrected chi connectivity index (χ2v) is 10.1. The van der Waals surface area contributed by atoms with Crippen LogP contribution in [0, 0.1) is 12.7 Å². The number of aryl methyl sites for hydroxylation is 1. The molecule has 36 heavy (non-hydrogen) atoms. The lowest BCUT2D eigenvalue weighted by atomic mass is 10.1. The standard InChI is InChI=1S/C25H23FN6O3S/c1-15-11-22(25(33)29-20-8-7-18(12-19(20)26)24-28-9-10-31(24)2)32(30-15)21-13-16-5-3-4-6-17(16)14-23(21)36(27,34)35/h3-8,11-14H,9-10H2,1-2H3,(H,29,33)(H2,27,34,35). The zero-order valence-electron chi connectivity index (χ0n) is 19.6. The first-order valence-corrected chi connectivity index (χ1v) is 12.7. The lowest BCUT2D eigenvalue weighted by molar-refractivity contribution is 0.101. The number of nitrogens with one attached hydrogen (secondary N) is 1. The smallest absolute Gasteiger partial charge is 0.274 e. The lowest BCUT2D eigenvalue weighted by Crippen LogP contribution is -2.24. The van der Waals surface area contributed by atoms with E-state index in [0.29, 0.717) is 29.0 Å². The molecule has 1 aromatic heterocycles. The van der Waals surface area contributed by atoms with Crippen molar-refractivity contribution in [2.24, 2.45) is 10.1 Å². The second-order valence-electron chi connectivity index (χ2n) is 8.57. The molecule has 184 valence electrons. The Hall–Kier alpha value is -4.09. The minimum atomic E-state index is -4.16. The van der Waals surface area contributed by atoms with Gasteiger partial charge in [-0.2, -0.15) is 5.10 Å². The Morgan fingerprint density at radius 2 is 1.81 bits per heavy atom. The maximum absolute atomic E-state index is 14.9. The first-order valence-electron chi connectivity index (χ1n) is 11.1. The van der Waals surface area contributed by atoms with Crippen LogP contribution in [0.25, 0.3) is 16.5 Å². The van der Waals surface area contributed by atoms with E-state index in [1.807, 2.05) is 24.1 Å². The van der Waals surface area contributed by atoms with Crippen LogP contribution in [-0.2, 0) is 10.0 Å². The van der Waals surface area contributed by atoms with Gasteiger partial charge in [-0.05, 0) is 54.1 Å². The number of fused-ring (bicyclic) bond motifs is 1. The summed E-state index contributed by atoms with van der Waals surface area (Å²) >= 11 is 0. The predicted octanol–water partition coefficient (Wildman–Crippen LogP) is 3.06. The molecule has 1 amide bonds. The number of nitrogens with two attached hydrogens (primary N) is 1. The predicted molar refractivity (Wildman–Crippen MR) is 136 cm³/mol. The Labute approximate surface area is 207 Å². The van der Waals surface area contributed by atoms with Crippen LogP contribution in [0.1, 0.15) is 21.7 Å². The van der Waals surface area contributed by atoms with Crippen LogP contribution in [0.4, 0.5) is 10.1 Å². The van der Waals surface area contributed by atoms with Gasteiger partial charge in [0.25, 0.3) is 5.91 Å². The summed E-state index contributed by atoms with van der Waals surface area (Å²) in [6, 6.07) is 16.2. The third-order valence-corrected chi connectivity index (χ3v) is 6.90. The number of halogens is 1. The molecule has 0 fully saturated rings. The Balaban J connectivity index is 1.54. The number of aromatic nitrogens is 2. The van der Waals surface area contributed by atoms with Crippen molar-refractivity contribution in [2.45, 2.75) is 11.8 Å². The molecule has 0 spiro atoms. The number of amidine groups is 1. The summed E-state index contributed by atoms with van der Waals surface area (Å²) in [5.74, 6) is -0.596. The number of carbonyl (C=O) groups excluding carboxylic acids is 1. The summed E-state index contributed by atoms with van der Waals surface area (Å²) in [5, 5.41) is 13.8. The number of benzene rings is 3. The minimum absolute atomic E-state index is 0.0241. The van der Waals surface area contributed by atoms with E-state index < -0.39 is 21.7 Å². The van der Waals surface area contributed by atoms with E-state index in [2.05, 4.69) is 15.4 Å². The van der Waals surface area contributed by atoms with Gasteiger partial charge in [0, 0.05) is 19.2 Å². The highest BCUT2D eigenvalue weighted by Crippen LogP contribution is 2.28. The van der Waals surface area contributed by atoms with Gasteiger partial charge in [0.1, 0.15) is 22.2 Å². The fourth-order valence-electron chi connectivity index (χ4n) is 4.23. The molecular weight excluding hydrogens is 483 g/mol. The van der Waals surface area contributed by atoms with Crippen LogP contribution in [0.2, 0.25) is 0 Å². The average Bonchev–Trinajstić information content (AvgIpc) is 3.44. The number of likely N-dealkylation sites (N-methyl/N-ethyl adjacent to an activating group) is 1. The van der Waals surface area contributed by atoms with E-state index in [9.17, 15) is 17.6 Å². The maximum Gasteiger partial charge on any atom is 0.274 e. The Bertz CT molecular complexity index is 1660. The number of carbonyl (C=O) groups is 1. The zero-order valence-corrected chi connectivity index (χ0v) is 20.4. The number of amides is 1. The highest BCUT2D eigenvalue weighted by Gasteiger charge is 2.24. The molecule has 11 heteroatoms. The lowest BCUT2D eigenvalue weighted by Gasteiger charge is -2.15. The van der Waals surface area contributed by atoms with E-state index in [1.165, 1.54) is 28.9 Å². The minimum Gasteiger partial charge on any atom is -0.358 e. The van der Waals surface area contributed by atoms with Gasteiger partial charge >= 0.3 is 0 Å². The van der Waals surface area contributed by atoms with Gasteiger partial charge in [-0.3, -0.25) is 9.79 Å². The third-order valence-electron chi connectivity index (χ3n) is 5.96. The van der Waals surface area contributed by atoms with Crippen molar-refractivity contribution in [1.29, 1.82) is 0 Å². The number of sulfonamides is 1. The van der Waals surface area contributed by atoms with E-state index >= 15 is 0 Å². The van der Waals surface area contributed by atoms with Gasteiger partial charge in [0.2, 0.25) is 10.0 Å². The molecule has 0 unspecified atom stereocenters. The van der Waals surface area contributed by atoms with Crippen LogP contribution in [0.5, 0.6) is 0 Å². The quantitative estimate of drug-likeness (QED) is 0.431. The van der Waals surface area contributed by atoms with Crippen LogP contribution in [0.3, 0.4) is 0 Å². The molecule has 3 N–H and O–H groups in total. The molecule has 0 bridgehead atoms. The first-order chi connectivity index (χ1) is 17.1. The van der Waals surface area contributed by atoms with Crippen molar-refractivity contribution in [3.05, 3.63) is 83.4 Å². The van der Waals surface area contributed by atoms with Gasteiger partial charge in [0.15, 0.2) is 0 Å². The second kappa shape index (κ2) is 8.85. The van der Waals surface area contributed by atoms with Crippen molar-refractivity contribution >= 4 is 38.2 Å². The number of nitrogens with zero attached hydrogens (tertiary/aromatic N) is 4. The average molecular weight is 507 g/mol. The van der Waals surface area contributed by atoms with Crippen LogP contribution in [0.15, 0.2) is 70.6 Å². The van der Waals surface area contributed by atoms with Gasteiger partial charge in [0.05, 0.1) is 23.6 Å². The molecule has 0 saturated carbocycles. The molecule has 1 aliphatic heterocycles. The molecule has 3 aromatic carbocycles. The van der Waals surface area contributed by atoms with Crippen LogP contribution >= 0.6 is 0 Å².